The summed E-state index contributed by atoms with van der Waals surface area (Å²) in [5, 5.41) is 3.17. The Hall–Kier alpha value is -0.820. The van der Waals surface area contributed by atoms with Crippen LogP contribution in [0.5, 0.6) is 0 Å². The molecule has 0 fully saturated rings. The Morgan fingerprint density at radius 3 is 2.38 bits per heavy atom. The van der Waals surface area contributed by atoms with Crippen molar-refractivity contribution in [2.24, 2.45) is 0 Å². The summed E-state index contributed by atoms with van der Waals surface area (Å²) in [6.07, 6.45) is 0. The van der Waals surface area contributed by atoms with Crippen LogP contribution in [0.4, 0.5) is 5.82 Å². The van der Waals surface area contributed by atoms with Gasteiger partial charge in [-0.15, -0.1) is 11.8 Å². The van der Waals surface area contributed by atoms with Crippen LogP contribution in [0.2, 0.25) is 0 Å². The molecule has 0 unspecified atom stereocenters. The van der Waals surface area contributed by atoms with Crippen LogP contribution in [-0.4, -0.2) is 22.8 Å². The molecular weight excluding hydrogens is 393 g/mol. The lowest BCUT2D eigenvalue weighted by atomic mass is 10.1. The lowest BCUT2D eigenvalue weighted by Crippen LogP contribution is -2.06. The van der Waals surface area contributed by atoms with Gasteiger partial charge in [0.05, 0.1) is 9.26 Å². The first kappa shape index (κ1) is 16.5. The quantitative estimate of drug-likeness (QED) is 0.552. The van der Waals surface area contributed by atoms with Gasteiger partial charge in [-0.05, 0) is 46.4 Å². The summed E-state index contributed by atoms with van der Waals surface area (Å²) >= 11 is 4.16. The fourth-order valence-electron chi connectivity index (χ4n) is 2.01. The molecule has 0 aliphatic rings. The molecular formula is C16H20IN3S. The number of rotatable bonds is 5. The zero-order valence-electron chi connectivity index (χ0n) is 12.8. The van der Waals surface area contributed by atoms with Gasteiger partial charge in [0.15, 0.2) is 5.82 Å². The molecule has 1 heterocycles. The van der Waals surface area contributed by atoms with Crippen LogP contribution < -0.4 is 5.32 Å². The molecule has 1 aromatic carbocycles. The van der Waals surface area contributed by atoms with E-state index in [1.807, 2.05) is 18.8 Å². The number of benzene rings is 1. The molecule has 3 nitrogen and oxygen atoms in total. The second-order valence-electron chi connectivity index (χ2n) is 4.96. The minimum absolute atomic E-state index is 0.376. The van der Waals surface area contributed by atoms with Crippen LogP contribution >= 0.6 is 34.4 Å². The monoisotopic (exact) mass is 413 g/mol. The summed E-state index contributed by atoms with van der Waals surface area (Å²) in [5.74, 6) is 3.15. The van der Waals surface area contributed by atoms with E-state index in [1.165, 1.54) is 4.90 Å². The zero-order chi connectivity index (χ0) is 15.4. The number of anilines is 1. The van der Waals surface area contributed by atoms with Crippen LogP contribution in [0.3, 0.4) is 0 Å². The molecule has 0 aliphatic carbocycles. The van der Waals surface area contributed by atoms with E-state index < -0.39 is 0 Å². The molecule has 2 rings (SSSR count). The number of hydrogen-bond donors (Lipinski definition) is 1. The first-order chi connectivity index (χ1) is 10.1. The molecule has 21 heavy (non-hydrogen) atoms. The van der Waals surface area contributed by atoms with Crippen molar-refractivity contribution in [1.29, 1.82) is 0 Å². The molecule has 0 saturated carbocycles. The van der Waals surface area contributed by atoms with Crippen molar-refractivity contribution in [3.63, 3.8) is 0 Å². The Balaban J connectivity index is 2.45. The highest BCUT2D eigenvalue weighted by molar-refractivity contribution is 14.1. The van der Waals surface area contributed by atoms with Crippen molar-refractivity contribution in [2.45, 2.75) is 31.6 Å². The van der Waals surface area contributed by atoms with Gasteiger partial charge in [-0.2, -0.15) is 0 Å². The minimum atomic E-state index is 0.376. The minimum Gasteiger partial charge on any atom is -0.372 e. The fraction of sp³-hybridized carbons (Fsp3) is 0.375. The maximum atomic E-state index is 4.76. The highest BCUT2D eigenvalue weighted by Gasteiger charge is 2.15. The SMILES string of the molecule is CCSc1ccc(-c2nc(NC)c(I)c(C(C)C)n2)cc1. The number of thioether (sulfide) groups is 1. The van der Waals surface area contributed by atoms with Crippen LogP contribution in [-0.2, 0) is 0 Å². The lowest BCUT2D eigenvalue weighted by molar-refractivity contribution is 0.809. The lowest BCUT2D eigenvalue weighted by Gasteiger charge is -2.13. The van der Waals surface area contributed by atoms with E-state index in [0.29, 0.717) is 5.92 Å². The number of hydrogen-bond acceptors (Lipinski definition) is 4. The van der Waals surface area contributed by atoms with E-state index in [1.54, 1.807) is 0 Å². The Morgan fingerprint density at radius 1 is 1.19 bits per heavy atom. The van der Waals surface area contributed by atoms with E-state index in [9.17, 15) is 0 Å². The van der Waals surface area contributed by atoms with Crippen LogP contribution in [0.25, 0.3) is 11.4 Å². The van der Waals surface area contributed by atoms with E-state index in [-0.39, 0.29) is 0 Å². The fourth-order valence-corrected chi connectivity index (χ4v) is 3.80. The second-order valence-corrected chi connectivity index (χ2v) is 7.37. The topological polar surface area (TPSA) is 37.8 Å². The van der Waals surface area contributed by atoms with E-state index >= 15 is 0 Å². The number of nitrogens with one attached hydrogen (secondary N) is 1. The first-order valence-electron chi connectivity index (χ1n) is 7.05. The molecule has 5 heteroatoms. The molecule has 0 bridgehead atoms. The van der Waals surface area contributed by atoms with Crippen molar-refractivity contribution in [3.8, 4) is 11.4 Å². The molecule has 1 aromatic heterocycles. The highest BCUT2D eigenvalue weighted by Crippen LogP contribution is 2.29. The molecule has 0 amide bonds. The van der Waals surface area contributed by atoms with Gasteiger partial charge in [0.1, 0.15) is 5.82 Å². The average Bonchev–Trinajstić information content (AvgIpc) is 2.48. The molecule has 0 spiro atoms. The summed E-state index contributed by atoms with van der Waals surface area (Å²) < 4.78 is 1.10. The summed E-state index contributed by atoms with van der Waals surface area (Å²) in [4.78, 5) is 10.7. The molecule has 0 aliphatic heterocycles. The molecule has 0 radical (unpaired) electrons. The van der Waals surface area contributed by atoms with Crippen molar-refractivity contribution in [1.82, 2.24) is 9.97 Å². The van der Waals surface area contributed by atoms with Gasteiger partial charge in [0.2, 0.25) is 0 Å². The molecule has 2 aromatic rings. The van der Waals surface area contributed by atoms with Gasteiger partial charge in [-0.3, -0.25) is 0 Å². The first-order valence-corrected chi connectivity index (χ1v) is 9.11. The smallest absolute Gasteiger partial charge is 0.161 e. The van der Waals surface area contributed by atoms with Crippen molar-refractivity contribution in [2.75, 3.05) is 18.1 Å². The second kappa shape index (κ2) is 7.45. The molecule has 0 atom stereocenters. The number of aromatic nitrogens is 2. The molecule has 0 saturated heterocycles. The third kappa shape index (κ3) is 3.88. The third-order valence-electron chi connectivity index (χ3n) is 3.08. The van der Waals surface area contributed by atoms with Crippen molar-refractivity contribution < 1.29 is 0 Å². The predicted octanol–water partition coefficient (Wildman–Crippen LogP) is 5.03. The normalized spacial score (nSPS) is 11.0. The third-order valence-corrected chi connectivity index (χ3v) is 5.04. The van der Waals surface area contributed by atoms with Crippen molar-refractivity contribution in [3.05, 3.63) is 33.5 Å². The average molecular weight is 413 g/mol. The summed E-state index contributed by atoms with van der Waals surface area (Å²) in [5.41, 5.74) is 2.15. The summed E-state index contributed by atoms with van der Waals surface area (Å²) in [6, 6.07) is 8.48. The van der Waals surface area contributed by atoms with Crippen LogP contribution in [0.15, 0.2) is 29.2 Å². The Kier molecular flexibility index (Phi) is 5.87. The Labute approximate surface area is 144 Å². The van der Waals surface area contributed by atoms with E-state index in [0.717, 1.165) is 32.2 Å². The zero-order valence-corrected chi connectivity index (χ0v) is 15.7. The maximum absolute atomic E-state index is 4.76. The number of nitrogens with zero attached hydrogens (tertiary/aromatic N) is 2. The van der Waals surface area contributed by atoms with E-state index in [2.05, 4.69) is 77.9 Å². The van der Waals surface area contributed by atoms with Gasteiger partial charge < -0.3 is 5.32 Å². The van der Waals surface area contributed by atoms with Crippen molar-refractivity contribution >= 4 is 40.2 Å². The van der Waals surface area contributed by atoms with Gasteiger partial charge in [-0.25, -0.2) is 9.97 Å². The standard InChI is InChI=1S/C16H20IN3S/c1-5-21-12-8-6-11(7-9-12)15-19-14(10(2)3)13(17)16(18-4)20-15/h6-10H,5H2,1-4H3,(H,18,19,20). The maximum Gasteiger partial charge on any atom is 0.161 e. The Morgan fingerprint density at radius 2 is 1.86 bits per heavy atom. The summed E-state index contributed by atoms with van der Waals surface area (Å²) in [7, 11) is 1.90. The highest BCUT2D eigenvalue weighted by atomic mass is 127. The van der Waals surface area contributed by atoms with Gasteiger partial charge in [-0.1, -0.05) is 32.9 Å². The number of halogens is 1. The van der Waals surface area contributed by atoms with Gasteiger partial charge in [0.25, 0.3) is 0 Å². The summed E-state index contributed by atoms with van der Waals surface area (Å²) in [6.45, 7) is 6.48. The van der Waals surface area contributed by atoms with Gasteiger partial charge >= 0.3 is 0 Å². The van der Waals surface area contributed by atoms with E-state index in [4.69, 9.17) is 4.98 Å². The van der Waals surface area contributed by atoms with Gasteiger partial charge in [0, 0.05) is 17.5 Å². The largest absolute Gasteiger partial charge is 0.372 e. The van der Waals surface area contributed by atoms with Crippen LogP contribution in [0, 0.1) is 3.57 Å². The molecule has 1 N–H and O–H groups in total. The Bertz CT molecular complexity index is 612. The molecule has 112 valence electrons. The van der Waals surface area contributed by atoms with Crippen LogP contribution in [0.1, 0.15) is 32.4 Å². The predicted molar refractivity (Wildman–Crippen MR) is 100 cm³/mol.